The molecule has 0 bridgehead atoms. The normalized spacial score (nSPS) is 17.3. The van der Waals surface area contributed by atoms with Crippen molar-refractivity contribution in [2.45, 2.75) is 84.4 Å². The third-order valence-electron chi connectivity index (χ3n) is 8.10. The predicted octanol–water partition coefficient (Wildman–Crippen LogP) is 5.69. The molecule has 11 heteroatoms. The number of anilines is 1. The summed E-state index contributed by atoms with van der Waals surface area (Å²) in [5.74, 6) is -1.45. The highest BCUT2D eigenvalue weighted by Gasteiger charge is 2.52. The van der Waals surface area contributed by atoms with Crippen LogP contribution >= 0.6 is 0 Å². The molecule has 1 N–H and O–H groups in total. The second-order valence-corrected chi connectivity index (χ2v) is 17.2. The maximum absolute atomic E-state index is 15.5. The van der Waals surface area contributed by atoms with E-state index >= 15 is 4.39 Å². The SMILES string of the molecule is CC1(C)OB(c2cc(NC(=O)c3cnn4cc(F)ccc34)c(CO[Si](C)(C)C(C)(C)C)cc2F)OC1(C)C. The molecule has 1 saturated heterocycles. The number of hydrogen-bond acceptors (Lipinski definition) is 5. The zero-order valence-corrected chi connectivity index (χ0v) is 24.5. The van der Waals surface area contributed by atoms with Crippen LogP contribution in [0.1, 0.15) is 64.4 Å². The number of pyridine rings is 1. The lowest BCUT2D eigenvalue weighted by molar-refractivity contribution is 0.00578. The van der Waals surface area contributed by atoms with Gasteiger partial charge in [-0.3, -0.25) is 4.79 Å². The number of hydrogen-bond donors (Lipinski definition) is 1. The fourth-order valence-corrected chi connectivity index (χ4v) is 4.77. The summed E-state index contributed by atoms with van der Waals surface area (Å²) in [6.45, 7) is 18.3. The van der Waals surface area contributed by atoms with Gasteiger partial charge in [-0.1, -0.05) is 20.8 Å². The second kappa shape index (κ2) is 9.55. The first kappa shape index (κ1) is 28.4. The van der Waals surface area contributed by atoms with E-state index in [4.69, 9.17) is 13.7 Å². The van der Waals surface area contributed by atoms with Gasteiger partial charge in [0, 0.05) is 16.7 Å². The Labute approximate surface area is 224 Å². The van der Waals surface area contributed by atoms with Crippen LogP contribution in [0.3, 0.4) is 0 Å². The zero-order valence-electron chi connectivity index (χ0n) is 23.5. The molecule has 38 heavy (non-hydrogen) atoms. The first-order valence-corrected chi connectivity index (χ1v) is 15.6. The van der Waals surface area contributed by atoms with Gasteiger partial charge in [-0.05, 0) is 70.1 Å². The third kappa shape index (κ3) is 5.29. The number of rotatable bonds is 6. The zero-order chi connectivity index (χ0) is 28.3. The fraction of sp³-hybridized carbons (Fsp3) is 0.481. The summed E-state index contributed by atoms with van der Waals surface area (Å²) >= 11 is 0. The maximum Gasteiger partial charge on any atom is 0.497 e. The van der Waals surface area contributed by atoms with Gasteiger partial charge in [0.1, 0.15) is 11.6 Å². The topological polar surface area (TPSA) is 74.1 Å². The van der Waals surface area contributed by atoms with Crippen LogP contribution in [0.25, 0.3) is 5.52 Å². The third-order valence-corrected chi connectivity index (χ3v) is 12.6. The molecule has 204 valence electrons. The Morgan fingerprint density at radius 2 is 1.76 bits per heavy atom. The van der Waals surface area contributed by atoms with Gasteiger partial charge in [0.15, 0.2) is 8.32 Å². The van der Waals surface area contributed by atoms with E-state index in [-0.39, 0.29) is 22.7 Å². The lowest BCUT2D eigenvalue weighted by Crippen LogP contribution is -2.41. The van der Waals surface area contributed by atoms with Gasteiger partial charge >= 0.3 is 7.12 Å². The number of halogens is 2. The van der Waals surface area contributed by atoms with Crippen molar-refractivity contribution < 1.29 is 27.3 Å². The van der Waals surface area contributed by atoms with E-state index in [0.29, 0.717) is 16.8 Å². The van der Waals surface area contributed by atoms with Crippen molar-refractivity contribution >= 4 is 38.0 Å². The lowest BCUT2D eigenvalue weighted by atomic mass is 9.78. The molecule has 0 spiro atoms. The molecule has 1 aliphatic heterocycles. The summed E-state index contributed by atoms with van der Waals surface area (Å²) in [5, 5.41) is 6.93. The highest BCUT2D eigenvalue weighted by atomic mass is 28.4. The molecule has 3 heterocycles. The number of amides is 1. The van der Waals surface area contributed by atoms with Crippen LogP contribution in [-0.4, -0.2) is 42.2 Å². The van der Waals surface area contributed by atoms with E-state index in [1.807, 2.05) is 27.7 Å². The quantitative estimate of drug-likeness (QED) is 0.405. The molecule has 1 amide bonds. The molecule has 0 saturated carbocycles. The molecule has 0 atom stereocenters. The smallest absolute Gasteiger partial charge is 0.412 e. The van der Waals surface area contributed by atoms with E-state index < -0.39 is 44.2 Å². The number of benzene rings is 1. The molecular formula is C27H36BF2N3O4Si. The Hall–Kier alpha value is -2.60. The number of nitrogens with zero attached hydrogens (tertiary/aromatic N) is 2. The number of fused-ring (bicyclic) bond motifs is 1. The molecule has 1 aliphatic rings. The van der Waals surface area contributed by atoms with Gasteiger partial charge in [-0.2, -0.15) is 5.10 Å². The number of nitrogens with one attached hydrogen (secondary N) is 1. The van der Waals surface area contributed by atoms with Gasteiger partial charge in [0.05, 0.1) is 41.3 Å². The summed E-state index contributed by atoms with van der Waals surface area (Å²) in [7, 11) is -3.13. The molecule has 1 fully saturated rings. The molecule has 0 aliphatic carbocycles. The summed E-state index contributed by atoms with van der Waals surface area (Å²) in [4.78, 5) is 13.4. The van der Waals surface area contributed by atoms with Crippen LogP contribution in [0.5, 0.6) is 0 Å². The minimum atomic E-state index is -2.17. The highest BCUT2D eigenvalue weighted by Crippen LogP contribution is 2.39. The number of carbonyl (C=O) groups is 1. The molecule has 4 rings (SSSR count). The summed E-state index contributed by atoms with van der Waals surface area (Å²) in [6, 6.07) is 5.67. The molecule has 2 aromatic heterocycles. The van der Waals surface area contributed by atoms with Crippen molar-refractivity contribution in [3.63, 3.8) is 0 Å². The van der Waals surface area contributed by atoms with Crippen molar-refractivity contribution in [2.75, 3.05) is 5.32 Å². The van der Waals surface area contributed by atoms with Crippen LogP contribution < -0.4 is 10.8 Å². The van der Waals surface area contributed by atoms with Gasteiger partial charge in [-0.25, -0.2) is 13.3 Å². The van der Waals surface area contributed by atoms with Crippen LogP contribution in [0.4, 0.5) is 14.5 Å². The molecule has 0 radical (unpaired) electrons. The van der Waals surface area contributed by atoms with Crippen molar-refractivity contribution in [3.8, 4) is 0 Å². The number of carbonyl (C=O) groups excluding carboxylic acids is 1. The Kier molecular flexibility index (Phi) is 7.14. The van der Waals surface area contributed by atoms with Gasteiger partial charge in [0.25, 0.3) is 5.91 Å². The van der Waals surface area contributed by atoms with Crippen LogP contribution in [-0.2, 0) is 20.3 Å². The first-order valence-electron chi connectivity index (χ1n) is 12.7. The van der Waals surface area contributed by atoms with E-state index in [1.165, 1.54) is 35.1 Å². The maximum atomic E-state index is 15.5. The average molecular weight is 543 g/mol. The van der Waals surface area contributed by atoms with Crippen LogP contribution in [0.15, 0.2) is 36.7 Å². The van der Waals surface area contributed by atoms with Crippen molar-refractivity contribution in [2.24, 2.45) is 0 Å². The molecule has 7 nitrogen and oxygen atoms in total. The van der Waals surface area contributed by atoms with Crippen LogP contribution in [0.2, 0.25) is 18.1 Å². The van der Waals surface area contributed by atoms with Crippen LogP contribution in [0, 0.1) is 11.6 Å². The fourth-order valence-electron chi connectivity index (χ4n) is 3.82. The van der Waals surface area contributed by atoms with Crippen molar-refractivity contribution in [1.29, 1.82) is 0 Å². The summed E-state index contributed by atoms with van der Waals surface area (Å²) < 4.78 is 49.0. The Bertz CT molecular complexity index is 1370. The Morgan fingerprint density at radius 1 is 1.13 bits per heavy atom. The lowest BCUT2D eigenvalue weighted by Gasteiger charge is -2.36. The predicted molar refractivity (Wildman–Crippen MR) is 147 cm³/mol. The minimum Gasteiger partial charge on any atom is -0.412 e. The van der Waals surface area contributed by atoms with E-state index in [9.17, 15) is 9.18 Å². The minimum absolute atomic E-state index is 0.0516. The van der Waals surface area contributed by atoms with Gasteiger partial charge < -0.3 is 19.1 Å². The van der Waals surface area contributed by atoms with Crippen molar-refractivity contribution in [1.82, 2.24) is 9.61 Å². The summed E-state index contributed by atoms with van der Waals surface area (Å²) in [6.07, 6.45) is 2.56. The largest absolute Gasteiger partial charge is 0.497 e. The first-order chi connectivity index (χ1) is 17.4. The molecular weight excluding hydrogens is 507 g/mol. The molecule has 0 unspecified atom stereocenters. The van der Waals surface area contributed by atoms with Gasteiger partial charge in [0.2, 0.25) is 0 Å². The monoisotopic (exact) mass is 543 g/mol. The number of aromatic nitrogens is 2. The highest BCUT2D eigenvalue weighted by molar-refractivity contribution is 6.74. The van der Waals surface area contributed by atoms with Gasteiger partial charge in [-0.15, -0.1) is 0 Å². The standard InChI is InChI=1S/C27H36BF2N3O4Si/c1-25(2,3)38(8,9)35-16-17-12-21(30)20(28-36-26(4,5)27(6,7)37-28)13-22(17)32-24(34)19-14-31-33-15-18(29)10-11-23(19)33/h10-15H,16H2,1-9H3,(H,32,34). The second-order valence-electron chi connectivity index (χ2n) is 12.4. The Morgan fingerprint density at radius 3 is 2.37 bits per heavy atom. The molecule has 3 aromatic rings. The van der Waals surface area contributed by atoms with Crippen molar-refractivity contribution in [3.05, 3.63) is 59.4 Å². The van der Waals surface area contributed by atoms with E-state index in [2.05, 4.69) is 44.3 Å². The average Bonchev–Trinajstić information content (AvgIpc) is 3.29. The summed E-state index contributed by atoms with van der Waals surface area (Å²) in [5.41, 5.74) is 0.411. The molecule has 1 aromatic carbocycles. The van der Waals surface area contributed by atoms with E-state index in [0.717, 1.165) is 0 Å². The Balaban J connectivity index is 1.72. The van der Waals surface area contributed by atoms with E-state index in [1.54, 1.807) is 6.07 Å².